The first-order chi connectivity index (χ1) is 15.8. The maximum atomic E-state index is 12.8. The third-order valence-electron chi connectivity index (χ3n) is 13.6. The van der Waals surface area contributed by atoms with E-state index in [4.69, 9.17) is 0 Å². The van der Waals surface area contributed by atoms with E-state index in [0.717, 1.165) is 64.2 Å². The quantitative estimate of drug-likeness (QED) is 0.436. The summed E-state index contributed by atoms with van der Waals surface area (Å²) in [6.07, 6.45) is 9.43. The molecule has 0 saturated heterocycles. The van der Waals surface area contributed by atoms with Crippen molar-refractivity contribution in [1.82, 2.24) is 0 Å². The Balaban J connectivity index is 1.56. The number of allylic oxidation sites excluding steroid dienone is 1. The summed E-state index contributed by atoms with van der Waals surface area (Å²) < 4.78 is 0. The fourth-order valence-corrected chi connectivity index (χ4v) is 11.5. The number of aliphatic carboxylic acids is 1. The van der Waals surface area contributed by atoms with Crippen LogP contribution in [0.2, 0.25) is 0 Å². The van der Waals surface area contributed by atoms with Crippen molar-refractivity contribution in [3.05, 3.63) is 12.2 Å². The Hall–Kier alpha value is -0.870. The van der Waals surface area contributed by atoms with Gasteiger partial charge in [0.25, 0.3) is 0 Å². The first-order valence-corrected chi connectivity index (χ1v) is 14.0. The van der Waals surface area contributed by atoms with Crippen molar-refractivity contribution < 1.29 is 20.1 Å². The van der Waals surface area contributed by atoms with Gasteiger partial charge in [-0.25, -0.2) is 0 Å². The molecule has 0 aromatic heterocycles. The minimum absolute atomic E-state index is 0.0568. The van der Waals surface area contributed by atoms with E-state index >= 15 is 0 Å². The molecule has 192 valence electrons. The summed E-state index contributed by atoms with van der Waals surface area (Å²) in [6.45, 7) is 16.2. The molecule has 0 aromatic carbocycles. The lowest BCUT2D eigenvalue weighted by Gasteiger charge is -2.72. The van der Waals surface area contributed by atoms with Gasteiger partial charge in [-0.05, 0) is 117 Å². The molecule has 0 radical (unpaired) electrons. The maximum Gasteiger partial charge on any atom is 0.309 e. The molecule has 34 heavy (non-hydrogen) atoms. The molecule has 0 heterocycles. The van der Waals surface area contributed by atoms with Gasteiger partial charge in [0.05, 0.1) is 18.1 Å². The molecule has 0 amide bonds. The van der Waals surface area contributed by atoms with Gasteiger partial charge >= 0.3 is 5.97 Å². The van der Waals surface area contributed by atoms with Crippen LogP contribution in [-0.4, -0.2) is 34.0 Å². The topological polar surface area (TPSA) is 77.8 Å². The smallest absolute Gasteiger partial charge is 0.309 e. The second kappa shape index (κ2) is 7.57. The van der Waals surface area contributed by atoms with Crippen LogP contribution in [0.4, 0.5) is 0 Å². The highest BCUT2D eigenvalue weighted by Gasteiger charge is 2.72. The fraction of sp³-hybridized carbons (Fsp3) is 0.900. The number of carbonyl (C=O) groups is 1. The highest BCUT2D eigenvalue weighted by atomic mass is 16.4. The minimum atomic E-state index is -0.567. The normalized spacial score (nSPS) is 56.6. The van der Waals surface area contributed by atoms with Crippen LogP contribution in [0.5, 0.6) is 0 Å². The monoisotopic (exact) mass is 472 g/mol. The molecule has 0 aromatic rings. The van der Waals surface area contributed by atoms with Crippen LogP contribution in [0.15, 0.2) is 12.2 Å². The van der Waals surface area contributed by atoms with Crippen LogP contribution in [0.1, 0.15) is 98.8 Å². The van der Waals surface area contributed by atoms with Crippen LogP contribution < -0.4 is 0 Å². The number of rotatable bonds is 3. The van der Waals surface area contributed by atoms with E-state index in [1.165, 1.54) is 5.57 Å². The summed E-state index contributed by atoms with van der Waals surface area (Å²) >= 11 is 0. The molecule has 5 aliphatic carbocycles. The number of aliphatic hydroxyl groups excluding tert-OH is 2. The van der Waals surface area contributed by atoms with Crippen molar-refractivity contribution in [3.63, 3.8) is 0 Å². The molecule has 4 nitrogen and oxygen atoms in total. The zero-order valence-corrected chi connectivity index (χ0v) is 22.2. The Morgan fingerprint density at radius 1 is 0.882 bits per heavy atom. The molecule has 0 spiro atoms. The van der Waals surface area contributed by atoms with Crippen LogP contribution in [0.3, 0.4) is 0 Å². The van der Waals surface area contributed by atoms with Crippen molar-refractivity contribution in [3.8, 4) is 0 Å². The summed E-state index contributed by atoms with van der Waals surface area (Å²) in [5.74, 6) is 1.30. The van der Waals surface area contributed by atoms with E-state index in [0.29, 0.717) is 23.7 Å². The third kappa shape index (κ3) is 2.76. The summed E-state index contributed by atoms with van der Waals surface area (Å²) in [6, 6.07) is 0. The van der Waals surface area contributed by atoms with Gasteiger partial charge in [0.15, 0.2) is 0 Å². The van der Waals surface area contributed by atoms with Crippen LogP contribution in [-0.2, 0) is 4.79 Å². The van der Waals surface area contributed by atoms with E-state index < -0.39 is 22.9 Å². The zero-order chi connectivity index (χ0) is 24.9. The van der Waals surface area contributed by atoms with Crippen molar-refractivity contribution in [2.45, 2.75) is 105 Å². The maximum absolute atomic E-state index is 12.8. The van der Waals surface area contributed by atoms with Gasteiger partial charge in [-0.15, -0.1) is 0 Å². The molecular weight excluding hydrogens is 424 g/mol. The largest absolute Gasteiger partial charge is 0.481 e. The first-order valence-electron chi connectivity index (χ1n) is 14.0. The number of hydrogen-bond donors (Lipinski definition) is 3. The lowest BCUT2D eigenvalue weighted by Crippen LogP contribution is -2.67. The molecule has 3 N–H and O–H groups in total. The number of aliphatic hydroxyl groups is 2. The zero-order valence-electron chi connectivity index (χ0n) is 22.2. The van der Waals surface area contributed by atoms with Gasteiger partial charge in [0.2, 0.25) is 0 Å². The SMILES string of the molecule is C=C(C)[C@@H]1CC[C@]2(C(=O)O)CC[C@]3(C)C(CC[C@@H]4[C@@]5(C)CCC(O)[C@@](C)(CO)[C@@H]5CC[C@]43C)[C@@H]12. The molecular formula is C30H48O4. The van der Waals surface area contributed by atoms with E-state index in [1.54, 1.807) is 0 Å². The lowest BCUT2D eigenvalue weighted by molar-refractivity contribution is -0.254. The van der Waals surface area contributed by atoms with Gasteiger partial charge in [0, 0.05) is 5.41 Å². The Morgan fingerprint density at radius 2 is 1.59 bits per heavy atom. The third-order valence-corrected chi connectivity index (χ3v) is 13.6. The van der Waals surface area contributed by atoms with Crippen LogP contribution in [0, 0.1) is 56.7 Å². The van der Waals surface area contributed by atoms with E-state index in [9.17, 15) is 20.1 Å². The van der Waals surface area contributed by atoms with Gasteiger partial charge < -0.3 is 15.3 Å². The van der Waals surface area contributed by atoms with Gasteiger partial charge in [-0.3, -0.25) is 4.79 Å². The highest BCUT2D eigenvalue weighted by molar-refractivity contribution is 5.76. The number of carboxylic acids is 1. The molecule has 2 unspecified atom stereocenters. The average molecular weight is 473 g/mol. The van der Waals surface area contributed by atoms with E-state index in [-0.39, 0.29) is 28.8 Å². The van der Waals surface area contributed by atoms with Crippen LogP contribution in [0.25, 0.3) is 0 Å². The Labute approximate surface area is 206 Å². The van der Waals surface area contributed by atoms with E-state index in [1.807, 2.05) is 0 Å². The van der Waals surface area contributed by atoms with Crippen LogP contribution >= 0.6 is 0 Å². The van der Waals surface area contributed by atoms with Crippen molar-refractivity contribution in [2.24, 2.45) is 56.7 Å². The second-order valence-corrected chi connectivity index (χ2v) is 14.4. The standard InChI is InChI=1S/C30H48O4/c1-18(2)19-9-14-30(25(33)34)16-15-28(5)20(24(19)30)7-8-22-26(3)12-11-23(32)27(4,17-31)21(26)10-13-29(22,28)6/h19-24,31-32H,1,7-17H2,2-6H3,(H,33,34)/t19-,20?,21+,22+,23?,24+,26-,27-,28+,29+,30-/m0/s1. The summed E-state index contributed by atoms with van der Waals surface area (Å²) in [4.78, 5) is 12.8. The molecule has 5 aliphatic rings. The second-order valence-electron chi connectivity index (χ2n) is 14.4. The van der Waals surface area contributed by atoms with Gasteiger partial charge in [-0.1, -0.05) is 39.8 Å². The predicted molar refractivity (Wildman–Crippen MR) is 134 cm³/mol. The molecule has 5 fully saturated rings. The minimum Gasteiger partial charge on any atom is -0.481 e. The van der Waals surface area contributed by atoms with Gasteiger partial charge in [0.1, 0.15) is 0 Å². The summed E-state index contributed by atoms with van der Waals surface area (Å²) in [5.41, 5.74) is 0.586. The first kappa shape index (κ1) is 24.8. The Bertz CT molecular complexity index is 883. The molecule has 11 atom stereocenters. The molecule has 4 heteroatoms. The van der Waals surface area contributed by atoms with Crippen molar-refractivity contribution >= 4 is 5.97 Å². The highest BCUT2D eigenvalue weighted by Crippen LogP contribution is 2.77. The number of fused-ring (bicyclic) bond motifs is 7. The molecule has 0 bridgehead atoms. The lowest BCUT2D eigenvalue weighted by atomic mass is 9.32. The average Bonchev–Trinajstić information content (AvgIpc) is 3.18. The molecule has 5 rings (SSSR count). The Morgan fingerprint density at radius 3 is 2.21 bits per heavy atom. The fourth-order valence-electron chi connectivity index (χ4n) is 11.5. The summed E-state index contributed by atoms with van der Waals surface area (Å²) in [5, 5.41) is 31.8. The number of carboxylic acid groups (broad SMARTS) is 1. The van der Waals surface area contributed by atoms with Crippen molar-refractivity contribution in [2.75, 3.05) is 6.61 Å². The summed E-state index contributed by atoms with van der Waals surface area (Å²) in [7, 11) is 0. The molecule has 0 aliphatic heterocycles. The Kier molecular flexibility index (Phi) is 5.52. The molecule has 5 saturated carbocycles. The predicted octanol–water partition coefficient (Wildman–Crippen LogP) is 6.06. The van der Waals surface area contributed by atoms with Gasteiger partial charge in [-0.2, -0.15) is 0 Å². The number of hydrogen-bond acceptors (Lipinski definition) is 3. The van der Waals surface area contributed by atoms with E-state index in [2.05, 4.69) is 41.2 Å². The van der Waals surface area contributed by atoms with Crippen molar-refractivity contribution in [1.29, 1.82) is 0 Å².